The van der Waals surface area contributed by atoms with Gasteiger partial charge in [-0.25, -0.2) is 4.98 Å². The van der Waals surface area contributed by atoms with E-state index in [1.165, 1.54) is 12.8 Å². The lowest BCUT2D eigenvalue weighted by molar-refractivity contribution is 0.785. The third-order valence-electron chi connectivity index (χ3n) is 2.29. The predicted molar refractivity (Wildman–Crippen MR) is 60.2 cm³/mol. The first-order valence-electron chi connectivity index (χ1n) is 4.77. The number of hydrogen-bond donors (Lipinski definition) is 1. The van der Waals surface area contributed by atoms with Crippen LogP contribution in [-0.4, -0.2) is 22.6 Å². The molecule has 0 aromatic carbocycles. The van der Waals surface area contributed by atoms with Crippen molar-refractivity contribution in [1.29, 1.82) is 0 Å². The highest BCUT2D eigenvalue weighted by Crippen LogP contribution is 2.30. The first kappa shape index (κ1) is 9.71. The molecule has 0 aliphatic heterocycles. The lowest BCUT2D eigenvalue weighted by Crippen LogP contribution is -2.27. The van der Waals surface area contributed by atoms with Crippen molar-refractivity contribution in [3.8, 4) is 0 Å². The maximum absolute atomic E-state index is 5.66. The summed E-state index contributed by atoms with van der Waals surface area (Å²) in [6.07, 6.45) is 2.48. The summed E-state index contributed by atoms with van der Waals surface area (Å²) in [5, 5.41) is 0. The van der Waals surface area contributed by atoms with E-state index in [9.17, 15) is 0 Å². The summed E-state index contributed by atoms with van der Waals surface area (Å²) >= 11 is 3.32. The fraction of sp³-hybridized carbons (Fsp3) is 0.556. The Balaban J connectivity index is 2.28. The summed E-state index contributed by atoms with van der Waals surface area (Å²) < 4.78 is 0.749. The van der Waals surface area contributed by atoms with E-state index >= 15 is 0 Å². The Morgan fingerprint density at radius 1 is 1.57 bits per heavy atom. The Labute approximate surface area is 91.7 Å². The second-order valence-corrected chi connectivity index (χ2v) is 4.25. The number of halogens is 1. The summed E-state index contributed by atoms with van der Waals surface area (Å²) in [7, 11) is 0. The van der Waals surface area contributed by atoms with E-state index in [0.717, 1.165) is 17.1 Å². The number of hydrogen-bond acceptors (Lipinski definition) is 4. The highest BCUT2D eigenvalue weighted by atomic mass is 79.9. The van der Waals surface area contributed by atoms with Crippen molar-refractivity contribution in [2.45, 2.75) is 25.8 Å². The summed E-state index contributed by atoms with van der Waals surface area (Å²) in [5.41, 5.74) is 5.66. The quantitative estimate of drug-likeness (QED) is 0.839. The molecule has 14 heavy (non-hydrogen) atoms. The minimum absolute atomic E-state index is 0.515. The molecule has 0 saturated heterocycles. The zero-order chi connectivity index (χ0) is 10.1. The third-order valence-corrected chi connectivity index (χ3v) is 2.69. The molecule has 1 heterocycles. The van der Waals surface area contributed by atoms with Gasteiger partial charge in [0.25, 0.3) is 0 Å². The van der Waals surface area contributed by atoms with Gasteiger partial charge < -0.3 is 10.6 Å². The van der Waals surface area contributed by atoms with Crippen LogP contribution >= 0.6 is 15.9 Å². The van der Waals surface area contributed by atoms with Crippen LogP contribution in [0.2, 0.25) is 0 Å². The molecule has 0 amide bonds. The van der Waals surface area contributed by atoms with Crippen LogP contribution in [-0.2, 0) is 0 Å². The van der Waals surface area contributed by atoms with E-state index in [4.69, 9.17) is 5.73 Å². The summed E-state index contributed by atoms with van der Waals surface area (Å²) in [5.74, 6) is 1.25. The molecule has 0 bridgehead atoms. The Hall–Kier alpha value is -0.840. The fourth-order valence-electron chi connectivity index (χ4n) is 1.50. The molecule has 0 spiro atoms. The maximum atomic E-state index is 5.66. The molecule has 1 aliphatic carbocycles. The summed E-state index contributed by atoms with van der Waals surface area (Å²) in [4.78, 5) is 10.7. The van der Waals surface area contributed by atoms with Crippen molar-refractivity contribution < 1.29 is 0 Å². The Morgan fingerprint density at radius 3 is 2.79 bits per heavy atom. The predicted octanol–water partition coefficient (Wildman–Crippen LogP) is 1.81. The van der Waals surface area contributed by atoms with Gasteiger partial charge in [-0.1, -0.05) is 0 Å². The zero-order valence-electron chi connectivity index (χ0n) is 8.07. The minimum atomic E-state index is 0.515. The van der Waals surface area contributed by atoms with Crippen LogP contribution in [0.25, 0.3) is 0 Å². The molecular formula is C9H13BrN4. The van der Waals surface area contributed by atoms with Gasteiger partial charge in [-0.3, -0.25) is 0 Å². The average molecular weight is 257 g/mol. The first-order valence-corrected chi connectivity index (χ1v) is 5.56. The number of aromatic nitrogens is 2. The van der Waals surface area contributed by atoms with E-state index in [0.29, 0.717) is 11.9 Å². The lowest BCUT2D eigenvalue weighted by atomic mass is 10.5. The minimum Gasteiger partial charge on any atom is -0.383 e. The molecule has 4 nitrogen and oxygen atoms in total. The molecule has 0 unspecified atom stereocenters. The molecule has 1 aliphatic rings. The Kier molecular flexibility index (Phi) is 2.58. The fourth-order valence-corrected chi connectivity index (χ4v) is 1.89. The standard InChI is InChI=1S/C9H13BrN4/c1-2-14(6-3-4-6)9-12-7(10)5-8(11)13-9/h5-6H,2-4H2,1H3,(H2,11,12,13). The molecule has 1 fully saturated rings. The smallest absolute Gasteiger partial charge is 0.228 e. The van der Waals surface area contributed by atoms with Gasteiger partial charge in [0.1, 0.15) is 10.4 Å². The topological polar surface area (TPSA) is 55.0 Å². The SMILES string of the molecule is CCN(c1nc(N)cc(Br)n1)C1CC1. The molecule has 0 atom stereocenters. The Bertz CT molecular complexity index is 317. The van der Waals surface area contributed by atoms with Gasteiger partial charge in [-0.05, 0) is 35.7 Å². The Morgan fingerprint density at radius 2 is 2.29 bits per heavy atom. The number of nitrogen functional groups attached to an aromatic ring is 1. The van der Waals surface area contributed by atoms with Gasteiger partial charge >= 0.3 is 0 Å². The van der Waals surface area contributed by atoms with Crippen LogP contribution in [0.1, 0.15) is 19.8 Å². The molecule has 2 rings (SSSR count). The molecule has 0 radical (unpaired) electrons. The summed E-state index contributed by atoms with van der Waals surface area (Å²) in [6.45, 7) is 3.04. The van der Waals surface area contributed by atoms with Gasteiger partial charge in [0.2, 0.25) is 5.95 Å². The van der Waals surface area contributed by atoms with Gasteiger partial charge in [-0.2, -0.15) is 4.98 Å². The average Bonchev–Trinajstić information content (AvgIpc) is 2.87. The van der Waals surface area contributed by atoms with Crippen LogP contribution in [0.15, 0.2) is 10.7 Å². The van der Waals surface area contributed by atoms with E-state index in [2.05, 4.69) is 37.7 Å². The van der Waals surface area contributed by atoms with Crippen molar-refractivity contribution >= 4 is 27.7 Å². The van der Waals surface area contributed by atoms with E-state index < -0.39 is 0 Å². The second-order valence-electron chi connectivity index (χ2n) is 3.43. The van der Waals surface area contributed by atoms with Crippen LogP contribution in [0, 0.1) is 0 Å². The molecule has 1 saturated carbocycles. The number of rotatable bonds is 3. The highest BCUT2D eigenvalue weighted by Gasteiger charge is 2.29. The van der Waals surface area contributed by atoms with Crippen LogP contribution < -0.4 is 10.6 Å². The zero-order valence-corrected chi connectivity index (χ0v) is 9.66. The number of nitrogens with two attached hydrogens (primary N) is 1. The van der Waals surface area contributed by atoms with Gasteiger partial charge in [0.05, 0.1) is 0 Å². The van der Waals surface area contributed by atoms with Crippen molar-refractivity contribution in [3.05, 3.63) is 10.7 Å². The summed E-state index contributed by atoms with van der Waals surface area (Å²) in [6, 6.07) is 2.33. The molecule has 5 heteroatoms. The largest absolute Gasteiger partial charge is 0.383 e. The molecular weight excluding hydrogens is 244 g/mol. The van der Waals surface area contributed by atoms with Gasteiger partial charge in [0, 0.05) is 18.7 Å². The number of nitrogens with zero attached hydrogens (tertiary/aromatic N) is 3. The third kappa shape index (κ3) is 1.97. The van der Waals surface area contributed by atoms with Crippen molar-refractivity contribution in [2.75, 3.05) is 17.2 Å². The van der Waals surface area contributed by atoms with Crippen molar-refractivity contribution in [1.82, 2.24) is 9.97 Å². The van der Waals surface area contributed by atoms with E-state index in [1.807, 2.05) is 0 Å². The lowest BCUT2D eigenvalue weighted by Gasteiger charge is -2.20. The number of anilines is 2. The molecule has 2 N–H and O–H groups in total. The second kappa shape index (κ2) is 3.73. The van der Waals surface area contributed by atoms with Crippen LogP contribution in [0.3, 0.4) is 0 Å². The highest BCUT2D eigenvalue weighted by molar-refractivity contribution is 9.10. The van der Waals surface area contributed by atoms with E-state index in [-0.39, 0.29) is 0 Å². The van der Waals surface area contributed by atoms with E-state index in [1.54, 1.807) is 6.07 Å². The molecule has 76 valence electrons. The first-order chi connectivity index (χ1) is 6.70. The maximum Gasteiger partial charge on any atom is 0.228 e. The van der Waals surface area contributed by atoms with Gasteiger partial charge in [0.15, 0.2) is 0 Å². The van der Waals surface area contributed by atoms with Crippen molar-refractivity contribution in [2.24, 2.45) is 0 Å². The van der Waals surface area contributed by atoms with Crippen molar-refractivity contribution in [3.63, 3.8) is 0 Å². The van der Waals surface area contributed by atoms with Gasteiger partial charge in [-0.15, -0.1) is 0 Å². The normalized spacial score (nSPS) is 15.6. The monoisotopic (exact) mass is 256 g/mol. The van der Waals surface area contributed by atoms with Crippen LogP contribution in [0.5, 0.6) is 0 Å². The van der Waals surface area contributed by atoms with Crippen LogP contribution in [0.4, 0.5) is 11.8 Å². The molecule has 1 aromatic rings. The molecule has 1 aromatic heterocycles.